The molecule has 0 spiro atoms. The molecule has 1 aliphatic heterocycles. The van der Waals surface area contributed by atoms with E-state index in [0.717, 1.165) is 24.0 Å². The number of benzene rings is 2. The number of amides is 1. The largest absolute Gasteiger partial charge is 0.310 e. The molecule has 1 aromatic heterocycles. The average molecular weight is 469 g/mol. The number of rotatable bonds is 7. The SMILES string of the molecule is CCCn1c(NC(=O)C2CCN(S(=O)(=O)c3ccc(C(C)=O)cc3)CC2)nc2ccccc21. The van der Waals surface area contributed by atoms with Gasteiger partial charge in [-0.2, -0.15) is 4.31 Å². The van der Waals surface area contributed by atoms with Gasteiger partial charge in [-0.05, 0) is 50.5 Å². The summed E-state index contributed by atoms with van der Waals surface area (Å²) in [4.78, 5) is 29.1. The molecule has 1 saturated heterocycles. The summed E-state index contributed by atoms with van der Waals surface area (Å²) in [5.74, 6) is -0.00107. The fourth-order valence-electron chi connectivity index (χ4n) is 4.20. The number of carbonyl (C=O) groups is 2. The van der Waals surface area contributed by atoms with Crippen LogP contribution < -0.4 is 5.32 Å². The Morgan fingerprint density at radius 3 is 2.36 bits per heavy atom. The monoisotopic (exact) mass is 468 g/mol. The zero-order valence-corrected chi connectivity index (χ0v) is 19.6. The number of hydrogen-bond acceptors (Lipinski definition) is 5. The Morgan fingerprint density at radius 2 is 1.73 bits per heavy atom. The highest BCUT2D eigenvalue weighted by atomic mass is 32.2. The first-order chi connectivity index (χ1) is 15.8. The third kappa shape index (κ3) is 4.69. The fraction of sp³-hybridized carbons (Fsp3) is 0.375. The molecule has 174 valence electrons. The van der Waals surface area contributed by atoms with Gasteiger partial charge >= 0.3 is 0 Å². The van der Waals surface area contributed by atoms with Crippen LogP contribution in [0.1, 0.15) is 43.5 Å². The first kappa shape index (κ1) is 23.1. The number of anilines is 1. The number of sulfonamides is 1. The number of imidazole rings is 1. The van der Waals surface area contributed by atoms with Crippen molar-refractivity contribution in [3.63, 3.8) is 0 Å². The molecule has 2 aromatic carbocycles. The van der Waals surface area contributed by atoms with Crippen molar-refractivity contribution in [2.24, 2.45) is 5.92 Å². The van der Waals surface area contributed by atoms with Crippen LogP contribution in [0.5, 0.6) is 0 Å². The summed E-state index contributed by atoms with van der Waals surface area (Å²) in [6, 6.07) is 13.7. The number of aromatic nitrogens is 2. The molecule has 9 heteroatoms. The van der Waals surface area contributed by atoms with Gasteiger partial charge in [0.2, 0.25) is 21.9 Å². The Balaban J connectivity index is 1.43. The van der Waals surface area contributed by atoms with E-state index in [2.05, 4.69) is 17.2 Å². The third-order valence-electron chi connectivity index (χ3n) is 6.06. The molecule has 0 unspecified atom stereocenters. The smallest absolute Gasteiger partial charge is 0.243 e. The van der Waals surface area contributed by atoms with Crippen LogP contribution >= 0.6 is 0 Å². The molecule has 3 aromatic rings. The summed E-state index contributed by atoms with van der Waals surface area (Å²) in [5, 5.41) is 2.97. The standard InChI is InChI=1S/C24H28N4O4S/c1-3-14-28-22-7-5-4-6-21(22)25-24(28)26-23(30)19-12-15-27(16-13-19)33(31,32)20-10-8-18(9-11-20)17(2)29/h4-11,19H,3,12-16H2,1-2H3,(H,25,26,30). The zero-order valence-electron chi connectivity index (χ0n) is 18.8. The Kier molecular flexibility index (Phi) is 6.62. The number of fused-ring (bicyclic) bond motifs is 1. The second-order valence-electron chi connectivity index (χ2n) is 8.32. The molecule has 0 bridgehead atoms. The predicted molar refractivity (Wildman–Crippen MR) is 127 cm³/mol. The second kappa shape index (κ2) is 9.44. The van der Waals surface area contributed by atoms with Crippen molar-refractivity contribution in [2.45, 2.75) is 44.6 Å². The van der Waals surface area contributed by atoms with Gasteiger partial charge in [0.15, 0.2) is 5.78 Å². The second-order valence-corrected chi connectivity index (χ2v) is 10.3. The van der Waals surface area contributed by atoms with Crippen LogP contribution in [0, 0.1) is 5.92 Å². The van der Waals surface area contributed by atoms with Gasteiger partial charge in [0.25, 0.3) is 0 Å². The molecule has 2 heterocycles. The molecule has 1 fully saturated rings. The van der Waals surface area contributed by atoms with Crippen molar-refractivity contribution >= 4 is 38.7 Å². The van der Waals surface area contributed by atoms with E-state index >= 15 is 0 Å². The van der Waals surface area contributed by atoms with Gasteiger partial charge in [-0.1, -0.05) is 31.2 Å². The van der Waals surface area contributed by atoms with E-state index < -0.39 is 10.0 Å². The predicted octanol–water partition coefficient (Wildman–Crippen LogP) is 3.69. The molecule has 8 nitrogen and oxygen atoms in total. The van der Waals surface area contributed by atoms with E-state index in [4.69, 9.17) is 0 Å². The van der Waals surface area contributed by atoms with Crippen molar-refractivity contribution < 1.29 is 18.0 Å². The average Bonchev–Trinajstić information content (AvgIpc) is 3.16. The quantitative estimate of drug-likeness (QED) is 0.533. The minimum Gasteiger partial charge on any atom is -0.310 e. The van der Waals surface area contributed by atoms with Gasteiger partial charge in [-0.3, -0.25) is 14.9 Å². The fourth-order valence-corrected chi connectivity index (χ4v) is 5.67. The molecule has 1 aliphatic rings. The van der Waals surface area contributed by atoms with Crippen molar-refractivity contribution in [3.05, 3.63) is 54.1 Å². The minimum absolute atomic E-state index is 0.113. The van der Waals surface area contributed by atoms with Crippen LogP contribution in [-0.2, 0) is 21.4 Å². The van der Waals surface area contributed by atoms with Crippen molar-refractivity contribution in [1.82, 2.24) is 13.9 Å². The molecule has 33 heavy (non-hydrogen) atoms. The van der Waals surface area contributed by atoms with E-state index in [-0.39, 0.29) is 35.6 Å². The lowest BCUT2D eigenvalue weighted by atomic mass is 9.97. The van der Waals surface area contributed by atoms with Crippen LogP contribution in [0.3, 0.4) is 0 Å². The molecule has 0 atom stereocenters. The van der Waals surface area contributed by atoms with E-state index in [9.17, 15) is 18.0 Å². The van der Waals surface area contributed by atoms with Crippen LogP contribution in [0.2, 0.25) is 0 Å². The highest BCUT2D eigenvalue weighted by Crippen LogP contribution is 2.26. The molecule has 0 saturated carbocycles. The Bertz CT molecular complexity index is 1270. The number of nitrogens with zero attached hydrogens (tertiary/aromatic N) is 3. The van der Waals surface area contributed by atoms with Gasteiger partial charge in [0.05, 0.1) is 15.9 Å². The van der Waals surface area contributed by atoms with Gasteiger partial charge in [0.1, 0.15) is 0 Å². The molecule has 1 N–H and O–H groups in total. The topological polar surface area (TPSA) is 101 Å². The highest BCUT2D eigenvalue weighted by Gasteiger charge is 2.32. The van der Waals surface area contributed by atoms with Crippen molar-refractivity contribution in [3.8, 4) is 0 Å². The van der Waals surface area contributed by atoms with Crippen LogP contribution in [0.4, 0.5) is 5.95 Å². The van der Waals surface area contributed by atoms with Crippen molar-refractivity contribution in [2.75, 3.05) is 18.4 Å². The maximum atomic E-state index is 13.0. The first-order valence-electron chi connectivity index (χ1n) is 11.2. The summed E-state index contributed by atoms with van der Waals surface area (Å²) in [5.41, 5.74) is 2.28. The van der Waals surface area contributed by atoms with E-state index in [1.54, 1.807) is 0 Å². The van der Waals surface area contributed by atoms with E-state index in [1.807, 2.05) is 28.8 Å². The van der Waals surface area contributed by atoms with Crippen molar-refractivity contribution in [1.29, 1.82) is 0 Å². The first-order valence-corrected chi connectivity index (χ1v) is 12.6. The molecule has 1 amide bonds. The summed E-state index contributed by atoms with van der Waals surface area (Å²) in [6.45, 7) is 4.79. The number of aryl methyl sites for hydroxylation is 1. The summed E-state index contributed by atoms with van der Waals surface area (Å²) >= 11 is 0. The number of para-hydroxylation sites is 2. The number of piperidine rings is 1. The van der Waals surface area contributed by atoms with Crippen LogP contribution in [0.15, 0.2) is 53.4 Å². The number of ketones is 1. The lowest BCUT2D eigenvalue weighted by Gasteiger charge is -2.30. The lowest BCUT2D eigenvalue weighted by molar-refractivity contribution is -0.121. The maximum absolute atomic E-state index is 13.0. The Labute approximate surface area is 193 Å². The number of Topliss-reactive ketones (excluding diaryl/α,β-unsaturated/α-hetero) is 1. The molecule has 4 rings (SSSR count). The van der Waals surface area contributed by atoms with Gasteiger partial charge in [-0.15, -0.1) is 0 Å². The number of hydrogen-bond donors (Lipinski definition) is 1. The van der Waals surface area contributed by atoms with Crippen LogP contribution in [-0.4, -0.2) is 47.1 Å². The summed E-state index contributed by atoms with van der Waals surface area (Å²) in [6.07, 6.45) is 1.78. The van der Waals surface area contributed by atoms with E-state index in [1.165, 1.54) is 35.5 Å². The third-order valence-corrected chi connectivity index (χ3v) is 7.97. The highest BCUT2D eigenvalue weighted by molar-refractivity contribution is 7.89. The number of carbonyl (C=O) groups excluding carboxylic acids is 2. The maximum Gasteiger partial charge on any atom is 0.243 e. The molecule has 0 radical (unpaired) electrons. The van der Waals surface area contributed by atoms with E-state index in [0.29, 0.717) is 24.4 Å². The summed E-state index contributed by atoms with van der Waals surface area (Å²) < 4.78 is 29.4. The molecular weight excluding hydrogens is 440 g/mol. The lowest BCUT2D eigenvalue weighted by Crippen LogP contribution is -2.41. The van der Waals surface area contributed by atoms with Gasteiger partial charge < -0.3 is 4.57 Å². The minimum atomic E-state index is -3.67. The molecular formula is C24H28N4O4S. The molecule has 0 aliphatic carbocycles. The van der Waals surface area contributed by atoms with Gasteiger partial charge in [-0.25, -0.2) is 13.4 Å². The Hall–Kier alpha value is -3.04. The normalized spacial score (nSPS) is 15.6. The summed E-state index contributed by atoms with van der Waals surface area (Å²) in [7, 11) is -3.67. The van der Waals surface area contributed by atoms with Crippen LogP contribution in [0.25, 0.3) is 11.0 Å². The zero-order chi connectivity index (χ0) is 23.6. The Morgan fingerprint density at radius 1 is 1.06 bits per heavy atom. The number of nitrogens with one attached hydrogen (secondary N) is 1. The van der Waals surface area contributed by atoms with Gasteiger partial charge in [0, 0.05) is 31.1 Å².